The fraction of sp³-hybridized carbons (Fsp3) is 0.188. The number of nitriles is 1. The van der Waals surface area contributed by atoms with E-state index in [4.69, 9.17) is 0 Å². The van der Waals surface area contributed by atoms with Gasteiger partial charge in [0, 0.05) is 21.9 Å². The van der Waals surface area contributed by atoms with E-state index in [1.54, 1.807) is 19.2 Å². The number of carbonyl (C=O) groups is 2. The predicted octanol–water partition coefficient (Wildman–Crippen LogP) is 4.12. The van der Waals surface area contributed by atoms with Crippen LogP contribution >= 0.6 is 43.6 Å². The van der Waals surface area contributed by atoms with Crippen molar-refractivity contribution in [3.63, 3.8) is 0 Å². The summed E-state index contributed by atoms with van der Waals surface area (Å²) in [6.45, 7) is 3.12. The molecule has 0 saturated carbocycles. The van der Waals surface area contributed by atoms with E-state index < -0.39 is 0 Å². The number of thioether (sulfide) groups is 1. The lowest BCUT2D eigenvalue weighted by Crippen LogP contribution is -2.15. The summed E-state index contributed by atoms with van der Waals surface area (Å²) in [5.41, 5.74) is 1.22. The number of hydrogen-bond acceptors (Lipinski definition) is 6. The summed E-state index contributed by atoms with van der Waals surface area (Å²) in [7, 11) is 0. The lowest BCUT2D eigenvalue weighted by atomic mass is 10.1. The topological polar surface area (TPSA) is 95.7 Å². The maximum atomic E-state index is 12.1. The zero-order valence-electron chi connectivity index (χ0n) is 13.3. The summed E-state index contributed by atoms with van der Waals surface area (Å²) >= 11 is 7.75. The van der Waals surface area contributed by atoms with Crippen LogP contribution in [-0.4, -0.2) is 27.4 Å². The Morgan fingerprint density at radius 1 is 1.36 bits per heavy atom. The number of pyridine rings is 2. The van der Waals surface area contributed by atoms with Crippen LogP contribution in [0.5, 0.6) is 0 Å². The second kappa shape index (κ2) is 8.56. The van der Waals surface area contributed by atoms with Crippen molar-refractivity contribution in [2.75, 3.05) is 11.1 Å². The van der Waals surface area contributed by atoms with Gasteiger partial charge in [0.1, 0.15) is 16.9 Å². The molecular weight excluding hydrogens is 472 g/mol. The van der Waals surface area contributed by atoms with Crippen LogP contribution in [0.2, 0.25) is 0 Å². The number of amides is 1. The molecular formula is C16H12Br2N4O2S. The molecule has 0 aliphatic carbocycles. The van der Waals surface area contributed by atoms with Crippen LogP contribution in [-0.2, 0) is 4.79 Å². The van der Waals surface area contributed by atoms with Crippen LogP contribution in [0.15, 0.2) is 32.3 Å². The maximum Gasteiger partial charge on any atom is 0.235 e. The SMILES string of the molecule is CC(=O)c1cc(C#N)c(SCC(=O)Nc2ncc(Br)cc2Br)nc1C. The molecule has 0 unspecified atom stereocenters. The van der Waals surface area contributed by atoms with Crippen molar-refractivity contribution in [3.8, 4) is 6.07 Å². The first-order valence-corrected chi connectivity index (χ1v) is 9.55. The van der Waals surface area contributed by atoms with E-state index in [0.717, 1.165) is 16.2 Å². The molecule has 25 heavy (non-hydrogen) atoms. The minimum Gasteiger partial charge on any atom is -0.309 e. The number of anilines is 1. The van der Waals surface area contributed by atoms with Gasteiger partial charge in [-0.2, -0.15) is 5.26 Å². The van der Waals surface area contributed by atoms with E-state index in [0.29, 0.717) is 26.6 Å². The number of carbonyl (C=O) groups excluding carboxylic acids is 2. The van der Waals surface area contributed by atoms with Gasteiger partial charge in [-0.1, -0.05) is 11.8 Å². The first-order chi connectivity index (χ1) is 11.8. The van der Waals surface area contributed by atoms with Gasteiger partial charge in [0.15, 0.2) is 5.78 Å². The molecule has 128 valence electrons. The number of aryl methyl sites for hydroxylation is 1. The van der Waals surface area contributed by atoms with Crippen LogP contribution in [0.4, 0.5) is 5.82 Å². The van der Waals surface area contributed by atoms with Gasteiger partial charge in [0.25, 0.3) is 0 Å². The summed E-state index contributed by atoms with van der Waals surface area (Å²) in [5.74, 6) is 0.0388. The Kier molecular flexibility index (Phi) is 6.70. The minimum atomic E-state index is -0.278. The summed E-state index contributed by atoms with van der Waals surface area (Å²) in [4.78, 5) is 32.0. The third-order valence-corrected chi connectivity index (χ3v) is 5.11. The zero-order valence-corrected chi connectivity index (χ0v) is 17.2. The minimum absolute atomic E-state index is 0.0602. The van der Waals surface area contributed by atoms with Crippen LogP contribution in [0.1, 0.15) is 28.5 Å². The lowest BCUT2D eigenvalue weighted by Gasteiger charge is -2.09. The predicted molar refractivity (Wildman–Crippen MR) is 103 cm³/mol. The lowest BCUT2D eigenvalue weighted by molar-refractivity contribution is -0.113. The Morgan fingerprint density at radius 3 is 2.68 bits per heavy atom. The van der Waals surface area contributed by atoms with Crippen LogP contribution in [0, 0.1) is 18.3 Å². The normalized spacial score (nSPS) is 10.2. The number of halogens is 2. The first-order valence-electron chi connectivity index (χ1n) is 6.98. The molecule has 9 heteroatoms. The summed E-state index contributed by atoms with van der Waals surface area (Å²) in [5, 5.41) is 12.3. The number of ketones is 1. The number of hydrogen-bond donors (Lipinski definition) is 1. The van der Waals surface area contributed by atoms with E-state index in [-0.39, 0.29) is 23.0 Å². The molecule has 2 aromatic rings. The highest BCUT2D eigenvalue weighted by atomic mass is 79.9. The van der Waals surface area contributed by atoms with E-state index in [9.17, 15) is 14.9 Å². The molecule has 1 amide bonds. The highest BCUT2D eigenvalue weighted by molar-refractivity contribution is 9.11. The number of aromatic nitrogens is 2. The molecule has 0 aliphatic rings. The summed E-state index contributed by atoms with van der Waals surface area (Å²) in [6, 6.07) is 5.30. The molecule has 0 aromatic carbocycles. The van der Waals surface area contributed by atoms with Gasteiger partial charge in [-0.15, -0.1) is 0 Å². The monoisotopic (exact) mass is 482 g/mol. The quantitative estimate of drug-likeness (QED) is 0.507. The van der Waals surface area contributed by atoms with Gasteiger partial charge in [-0.3, -0.25) is 9.59 Å². The van der Waals surface area contributed by atoms with Gasteiger partial charge in [-0.05, 0) is 57.8 Å². The molecule has 2 rings (SSSR count). The standard InChI is InChI=1S/C16H12Br2N4O2S/c1-8-12(9(2)23)3-10(5-19)16(21-8)25-7-14(24)22-15-13(18)4-11(17)6-20-15/h3-4,6H,7H2,1-2H3,(H,20,22,24). The van der Waals surface area contributed by atoms with Gasteiger partial charge >= 0.3 is 0 Å². The maximum absolute atomic E-state index is 12.1. The first kappa shape index (κ1) is 19.6. The number of Topliss-reactive ketones (excluding diaryl/α,β-unsaturated/α-hetero) is 1. The Bertz CT molecular complexity index is 896. The largest absolute Gasteiger partial charge is 0.309 e. The van der Waals surface area contributed by atoms with Crippen LogP contribution < -0.4 is 5.32 Å². The Hall–Kier alpha value is -1.76. The molecule has 0 atom stereocenters. The van der Waals surface area contributed by atoms with Crippen molar-refractivity contribution in [2.24, 2.45) is 0 Å². The molecule has 1 N–H and O–H groups in total. The van der Waals surface area contributed by atoms with Crippen molar-refractivity contribution in [3.05, 3.63) is 44.1 Å². The van der Waals surface area contributed by atoms with Crippen LogP contribution in [0.3, 0.4) is 0 Å². The van der Waals surface area contributed by atoms with Gasteiger partial charge < -0.3 is 5.32 Å². The summed E-state index contributed by atoms with van der Waals surface area (Å²) < 4.78 is 1.44. The molecule has 6 nitrogen and oxygen atoms in total. The van der Waals surface area contributed by atoms with E-state index in [2.05, 4.69) is 47.1 Å². The van der Waals surface area contributed by atoms with E-state index in [1.165, 1.54) is 13.0 Å². The Labute approximate surface area is 165 Å². The Balaban J connectivity index is 2.10. The van der Waals surface area contributed by atoms with Crippen LogP contribution in [0.25, 0.3) is 0 Å². The molecule has 0 bridgehead atoms. The number of rotatable bonds is 5. The van der Waals surface area contributed by atoms with E-state index >= 15 is 0 Å². The highest BCUT2D eigenvalue weighted by Gasteiger charge is 2.15. The third kappa shape index (κ3) is 5.11. The van der Waals surface area contributed by atoms with Crippen molar-refractivity contribution < 1.29 is 9.59 Å². The summed E-state index contributed by atoms with van der Waals surface area (Å²) in [6.07, 6.45) is 1.58. The average Bonchev–Trinajstić information content (AvgIpc) is 2.55. The molecule has 0 saturated heterocycles. The van der Waals surface area contributed by atoms with Crippen molar-refractivity contribution in [2.45, 2.75) is 18.9 Å². The van der Waals surface area contributed by atoms with Crippen molar-refractivity contribution in [1.29, 1.82) is 5.26 Å². The molecule has 0 aliphatic heterocycles. The van der Waals surface area contributed by atoms with Gasteiger partial charge in [0.2, 0.25) is 5.91 Å². The highest BCUT2D eigenvalue weighted by Crippen LogP contribution is 2.25. The molecule has 0 fully saturated rings. The molecule has 0 radical (unpaired) electrons. The average molecular weight is 484 g/mol. The Morgan fingerprint density at radius 2 is 2.08 bits per heavy atom. The van der Waals surface area contributed by atoms with Crippen molar-refractivity contribution in [1.82, 2.24) is 9.97 Å². The fourth-order valence-corrected chi connectivity index (χ4v) is 3.83. The fourth-order valence-electron chi connectivity index (χ4n) is 1.94. The number of nitrogens with one attached hydrogen (secondary N) is 1. The van der Waals surface area contributed by atoms with Gasteiger partial charge in [0.05, 0.1) is 15.8 Å². The second-order valence-electron chi connectivity index (χ2n) is 4.96. The smallest absolute Gasteiger partial charge is 0.235 e. The second-order valence-corrected chi connectivity index (χ2v) is 7.70. The molecule has 2 aromatic heterocycles. The zero-order chi connectivity index (χ0) is 18.6. The third-order valence-electron chi connectivity index (χ3n) is 3.08. The van der Waals surface area contributed by atoms with Crippen molar-refractivity contribution >= 4 is 61.1 Å². The van der Waals surface area contributed by atoms with Gasteiger partial charge in [-0.25, -0.2) is 9.97 Å². The van der Waals surface area contributed by atoms with E-state index in [1.807, 2.05) is 6.07 Å². The number of nitrogens with zero attached hydrogens (tertiary/aromatic N) is 3. The molecule has 0 spiro atoms. The molecule has 2 heterocycles.